The average Bonchev–Trinajstić information content (AvgIpc) is 3.37. The van der Waals surface area contributed by atoms with Gasteiger partial charge in [0.25, 0.3) is 0 Å². The van der Waals surface area contributed by atoms with Crippen LogP contribution in [-0.4, -0.2) is 0 Å². The van der Waals surface area contributed by atoms with E-state index in [0.29, 0.717) is 17.8 Å². The monoisotopic (exact) mass is 718 g/mol. The molecule has 0 spiro atoms. The predicted molar refractivity (Wildman–Crippen MR) is 242 cm³/mol. The molecule has 0 radical (unpaired) electrons. The zero-order valence-electron chi connectivity index (χ0n) is 35.3. The molecule has 0 amide bonds. The highest BCUT2D eigenvalue weighted by molar-refractivity contribution is 6.27. The van der Waals surface area contributed by atoms with Gasteiger partial charge in [0.05, 0.1) is 0 Å². The summed E-state index contributed by atoms with van der Waals surface area (Å²) in [5, 5.41) is 10.9. The Labute approximate surface area is 329 Å². The molecule has 1 atom stereocenters. The Morgan fingerprint density at radius 1 is 0.582 bits per heavy atom. The van der Waals surface area contributed by atoms with Crippen molar-refractivity contribution < 1.29 is 0 Å². The minimum atomic E-state index is -0.0158. The fourth-order valence-corrected chi connectivity index (χ4v) is 10.1. The molecule has 9 rings (SSSR count). The maximum absolute atomic E-state index is 2.54. The smallest absolute Gasteiger partial charge is 0.0121 e. The maximum atomic E-state index is 2.54. The number of benzene rings is 7. The average molecular weight is 719 g/mol. The van der Waals surface area contributed by atoms with Crippen molar-refractivity contribution in [1.29, 1.82) is 0 Å². The van der Waals surface area contributed by atoms with Gasteiger partial charge in [-0.3, -0.25) is 0 Å². The van der Waals surface area contributed by atoms with E-state index in [1.807, 2.05) is 0 Å². The summed E-state index contributed by atoms with van der Waals surface area (Å²) < 4.78 is 0. The van der Waals surface area contributed by atoms with Crippen LogP contribution in [0.3, 0.4) is 0 Å². The lowest BCUT2D eigenvalue weighted by Crippen LogP contribution is -2.26. The summed E-state index contributed by atoms with van der Waals surface area (Å²) in [7, 11) is 0. The molecule has 7 aromatic rings. The van der Waals surface area contributed by atoms with Crippen molar-refractivity contribution in [1.82, 2.24) is 0 Å². The Hall–Kier alpha value is -4.68. The summed E-state index contributed by atoms with van der Waals surface area (Å²) in [6.07, 6.45) is 6.11. The van der Waals surface area contributed by atoms with E-state index in [1.54, 1.807) is 5.57 Å². The number of hydrogen-bond donors (Lipinski definition) is 0. The van der Waals surface area contributed by atoms with Crippen molar-refractivity contribution in [3.8, 4) is 22.3 Å². The van der Waals surface area contributed by atoms with Crippen LogP contribution >= 0.6 is 0 Å². The van der Waals surface area contributed by atoms with Gasteiger partial charge >= 0.3 is 0 Å². The van der Waals surface area contributed by atoms with E-state index in [1.165, 1.54) is 98.7 Å². The number of hydrogen-bond acceptors (Lipinski definition) is 0. The Morgan fingerprint density at radius 2 is 1.18 bits per heavy atom. The van der Waals surface area contributed by atoms with E-state index in [-0.39, 0.29) is 16.2 Å². The van der Waals surface area contributed by atoms with Crippen LogP contribution < -0.4 is 0 Å². The fraction of sp³-hybridized carbons (Fsp3) is 0.345. The van der Waals surface area contributed by atoms with Gasteiger partial charge < -0.3 is 0 Å². The van der Waals surface area contributed by atoms with E-state index in [0.717, 1.165) is 6.42 Å². The first-order valence-electron chi connectivity index (χ1n) is 20.8. The molecule has 0 saturated heterocycles. The molecule has 2 aliphatic rings. The van der Waals surface area contributed by atoms with Crippen molar-refractivity contribution in [2.24, 2.45) is 11.3 Å². The van der Waals surface area contributed by atoms with Crippen LogP contribution in [0.2, 0.25) is 0 Å². The summed E-state index contributed by atoms with van der Waals surface area (Å²) >= 11 is 0. The minimum Gasteiger partial charge on any atom is -0.0800 e. The number of fused-ring (bicyclic) bond motifs is 3. The molecule has 0 heteroatoms. The molecule has 0 aliphatic heterocycles. The second-order valence-electron chi connectivity index (χ2n) is 20.3. The van der Waals surface area contributed by atoms with E-state index in [9.17, 15) is 0 Å². The molecule has 0 fully saturated rings. The Balaban J connectivity index is 1.26. The first kappa shape index (κ1) is 36.0. The van der Waals surface area contributed by atoms with Crippen LogP contribution in [0, 0.1) is 11.3 Å². The van der Waals surface area contributed by atoms with Gasteiger partial charge in [-0.1, -0.05) is 168 Å². The van der Waals surface area contributed by atoms with Crippen molar-refractivity contribution >= 4 is 48.7 Å². The molecule has 1 unspecified atom stereocenters. The molecule has 0 heterocycles. The Bertz CT molecular complexity index is 2760. The van der Waals surface area contributed by atoms with E-state index >= 15 is 0 Å². The molecule has 55 heavy (non-hydrogen) atoms. The summed E-state index contributed by atoms with van der Waals surface area (Å²) in [6, 6.07) is 36.1. The first-order valence-corrected chi connectivity index (χ1v) is 20.8. The van der Waals surface area contributed by atoms with Gasteiger partial charge in [-0.15, -0.1) is 0 Å². The van der Waals surface area contributed by atoms with E-state index in [2.05, 4.69) is 186 Å². The van der Waals surface area contributed by atoms with Crippen LogP contribution in [0.25, 0.3) is 70.9 Å². The number of rotatable bonds is 4. The Morgan fingerprint density at radius 3 is 1.84 bits per heavy atom. The van der Waals surface area contributed by atoms with Crippen molar-refractivity contribution in [2.75, 3.05) is 0 Å². The van der Waals surface area contributed by atoms with Gasteiger partial charge in [0.1, 0.15) is 0 Å². The van der Waals surface area contributed by atoms with Gasteiger partial charge in [-0.2, -0.15) is 0 Å². The van der Waals surface area contributed by atoms with Gasteiger partial charge in [-0.05, 0) is 158 Å². The first-order chi connectivity index (χ1) is 25.9. The highest BCUT2D eigenvalue weighted by atomic mass is 14.5. The SMILES string of the molecule is CC(C)c1ccc2ccc3c(C(C)C)cc(-c4ccc5ccc(-c6cc(C(C)(C)C)cc7c6C6=C(CC(C(C)(C)C)C=C6)C7(C)C)cc5c4)c4ccc1c2c43. The van der Waals surface area contributed by atoms with Crippen LogP contribution in [0.4, 0.5) is 0 Å². The topological polar surface area (TPSA) is 0 Å². The third-order valence-electron chi connectivity index (χ3n) is 13.6. The quantitative estimate of drug-likeness (QED) is 0.159. The van der Waals surface area contributed by atoms with E-state index < -0.39 is 0 Å². The van der Waals surface area contributed by atoms with Gasteiger partial charge in [0.2, 0.25) is 0 Å². The van der Waals surface area contributed by atoms with Crippen molar-refractivity contribution in [2.45, 2.75) is 112 Å². The number of allylic oxidation sites excluding steroid dienone is 4. The zero-order chi connectivity index (χ0) is 38.9. The largest absolute Gasteiger partial charge is 0.0800 e. The Kier molecular flexibility index (Phi) is 7.96. The minimum absolute atomic E-state index is 0.0158. The lowest BCUT2D eigenvalue weighted by atomic mass is 9.69. The lowest BCUT2D eigenvalue weighted by molar-refractivity contribution is 0.283. The third kappa shape index (κ3) is 5.53. The van der Waals surface area contributed by atoms with Crippen LogP contribution in [0.15, 0.2) is 109 Å². The van der Waals surface area contributed by atoms with Crippen LogP contribution in [0.1, 0.15) is 129 Å². The molecule has 2 aliphatic carbocycles. The normalized spacial score (nSPS) is 17.2. The van der Waals surface area contributed by atoms with E-state index in [4.69, 9.17) is 0 Å². The molecule has 7 aromatic carbocycles. The van der Waals surface area contributed by atoms with Crippen LogP contribution in [0.5, 0.6) is 0 Å². The molecular weight excluding hydrogens is 661 g/mol. The zero-order valence-corrected chi connectivity index (χ0v) is 35.3. The molecule has 0 bridgehead atoms. The van der Waals surface area contributed by atoms with Gasteiger partial charge in [0, 0.05) is 5.41 Å². The van der Waals surface area contributed by atoms with Crippen molar-refractivity contribution in [3.63, 3.8) is 0 Å². The fourth-order valence-electron chi connectivity index (χ4n) is 10.1. The predicted octanol–water partition coefficient (Wildman–Crippen LogP) is 16.3. The van der Waals surface area contributed by atoms with Crippen LogP contribution in [-0.2, 0) is 10.8 Å². The summed E-state index contributed by atoms with van der Waals surface area (Å²) in [5.41, 5.74) is 15.8. The molecule has 278 valence electrons. The molecule has 0 nitrogen and oxygen atoms in total. The molecule has 0 N–H and O–H groups in total. The summed E-state index contributed by atoms with van der Waals surface area (Å²) in [4.78, 5) is 0. The summed E-state index contributed by atoms with van der Waals surface area (Å²) in [5.74, 6) is 1.42. The maximum Gasteiger partial charge on any atom is 0.0121 e. The molecule has 0 aromatic heterocycles. The highest BCUT2D eigenvalue weighted by Gasteiger charge is 2.42. The van der Waals surface area contributed by atoms with Gasteiger partial charge in [0.15, 0.2) is 0 Å². The van der Waals surface area contributed by atoms with Crippen molar-refractivity contribution in [3.05, 3.63) is 137 Å². The van der Waals surface area contributed by atoms with Gasteiger partial charge in [-0.25, -0.2) is 0 Å². The second kappa shape index (κ2) is 12.2. The standard InChI is InChI=1S/C55H58/c1-31(2)40-20-17-34-18-21-42-45(32(3)4)30-46(43-24-23-41(40)50(34)52(42)43)35-15-13-33-14-16-36(26-37(33)25-35)47-27-39(54(8,9)10)29-49-51(47)44-22-19-38(53(5,6)7)28-48(44)55(49,11)12/h13-27,29-32,38H,28H2,1-12H3. The summed E-state index contributed by atoms with van der Waals surface area (Å²) in [6.45, 7) is 28.5. The molecule has 0 saturated carbocycles. The third-order valence-corrected chi connectivity index (χ3v) is 13.6. The highest BCUT2D eigenvalue weighted by Crippen LogP contribution is 2.56. The molecular formula is C55H58. The lowest BCUT2D eigenvalue weighted by Gasteiger charge is -2.35. The second-order valence-corrected chi connectivity index (χ2v) is 20.3.